The molecule has 7 heavy (non-hydrogen) atoms. The first kappa shape index (κ1) is 5.15. The molecule has 0 spiro atoms. The standard InChI is InChI=1S/C5H6IN/c1-4-5(6)2-3-7-4/h2-3,7H,1H3. The van der Waals surface area contributed by atoms with Crippen LogP contribution in [0.25, 0.3) is 0 Å². The van der Waals surface area contributed by atoms with E-state index in [0.717, 1.165) is 0 Å². The van der Waals surface area contributed by atoms with Crippen molar-refractivity contribution in [2.24, 2.45) is 0 Å². The van der Waals surface area contributed by atoms with Crippen LogP contribution in [0.15, 0.2) is 12.3 Å². The fourth-order valence-electron chi connectivity index (χ4n) is 0.434. The average Bonchev–Trinajstić information content (AvgIpc) is 1.91. The maximum atomic E-state index is 3.06. The van der Waals surface area contributed by atoms with Crippen LogP contribution in [0.3, 0.4) is 0 Å². The smallest absolute Gasteiger partial charge is 0.0334 e. The lowest BCUT2D eigenvalue weighted by molar-refractivity contribution is 1.25. The Morgan fingerprint density at radius 2 is 2.43 bits per heavy atom. The number of rotatable bonds is 0. The molecular formula is C5H6IN. The summed E-state index contributed by atoms with van der Waals surface area (Å²) in [5, 5.41) is 0. The lowest BCUT2D eigenvalue weighted by Crippen LogP contribution is -1.68. The number of aromatic nitrogens is 1. The second-order valence-electron chi connectivity index (χ2n) is 1.45. The van der Waals surface area contributed by atoms with Gasteiger partial charge in [-0.25, -0.2) is 0 Å². The summed E-state index contributed by atoms with van der Waals surface area (Å²) in [7, 11) is 0. The molecule has 0 aliphatic rings. The van der Waals surface area contributed by atoms with Gasteiger partial charge in [0.25, 0.3) is 0 Å². The number of halogens is 1. The third-order valence-electron chi connectivity index (χ3n) is 0.888. The van der Waals surface area contributed by atoms with Crippen molar-refractivity contribution in [1.82, 2.24) is 4.98 Å². The Morgan fingerprint density at radius 1 is 1.71 bits per heavy atom. The fraction of sp³-hybridized carbons (Fsp3) is 0.200. The molecule has 1 nitrogen and oxygen atoms in total. The Hall–Kier alpha value is 0.01000. The van der Waals surface area contributed by atoms with Crippen LogP contribution in [0.4, 0.5) is 0 Å². The molecule has 0 fully saturated rings. The van der Waals surface area contributed by atoms with Gasteiger partial charge in [-0.1, -0.05) is 0 Å². The highest BCUT2D eigenvalue weighted by molar-refractivity contribution is 14.1. The molecule has 2 heteroatoms. The van der Waals surface area contributed by atoms with Crippen molar-refractivity contribution in [3.63, 3.8) is 0 Å². The summed E-state index contributed by atoms with van der Waals surface area (Å²) in [6.07, 6.45) is 1.94. The van der Waals surface area contributed by atoms with E-state index >= 15 is 0 Å². The van der Waals surface area contributed by atoms with Crippen molar-refractivity contribution in [2.75, 3.05) is 0 Å². The van der Waals surface area contributed by atoms with E-state index < -0.39 is 0 Å². The Balaban J connectivity index is 3.12. The van der Waals surface area contributed by atoms with Gasteiger partial charge in [-0.15, -0.1) is 0 Å². The Kier molecular flexibility index (Phi) is 1.37. The second kappa shape index (κ2) is 1.86. The summed E-state index contributed by atoms with van der Waals surface area (Å²) in [6.45, 7) is 2.06. The SMILES string of the molecule is Cc1[nH]ccc1I. The number of aromatic amines is 1. The normalized spacial score (nSPS) is 9.43. The van der Waals surface area contributed by atoms with Crippen LogP contribution in [-0.4, -0.2) is 4.98 Å². The highest BCUT2D eigenvalue weighted by Crippen LogP contribution is 2.06. The number of aryl methyl sites for hydroxylation is 1. The van der Waals surface area contributed by atoms with E-state index in [2.05, 4.69) is 40.6 Å². The van der Waals surface area contributed by atoms with E-state index in [1.54, 1.807) is 0 Å². The molecular weight excluding hydrogens is 201 g/mol. The monoisotopic (exact) mass is 207 g/mol. The molecule has 0 saturated heterocycles. The van der Waals surface area contributed by atoms with Gasteiger partial charge in [0.05, 0.1) is 0 Å². The molecule has 0 amide bonds. The Bertz CT molecular complexity index is 140. The number of hydrogen-bond acceptors (Lipinski definition) is 0. The van der Waals surface area contributed by atoms with Crippen molar-refractivity contribution < 1.29 is 0 Å². The van der Waals surface area contributed by atoms with Crippen LogP contribution in [0.5, 0.6) is 0 Å². The molecule has 1 N–H and O–H groups in total. The van der Waals surface area contributed by atoms with Crippen molar-refractivity contribution in [1.29, 1.82) is 0 Å². The van der Waals surface area contributed by atoms with Crippen LogP contribution in [0.2, 0.25) is 0 Å². The van der Waals surface area contributed by atoms with Crippen molar-refractivity contribution in [2.45, 2.75) is 6.92 Å². The second-order valence-corrected chi connectivity index (χ2v) is 2.61. The summed E-state index contributed by atoms with van der Waals surface area (Å²) < 4.78 is 1.30. The molecule has 38 valence electrons. The molecule has 0 saturated carbocycles. The molecule has 0 aliphatic carbocycles. The first-order chi connectivity index (χ1) is 3.30. The van der Waals surface area contributed by atoms with Crippen molar-refractivity contribution >= 4 is 22.6 Å². The predicted octanol–water partition coefficient (Wildman–Crippen LogP) is 1.93. The van der Waals surface area contributed by atoms with Crippen LogP contribution < -0.4 is 0 Å². The van der Waals surface area contributed by atoms with Crippen molar-refractivity contribution in [3.8, 4) is 0 Å². The van der Waals surface area contributed by atoms with Gasteiger partial charge in [-0.05, 0) is 35.6 Å². The number of hydrogen-bond donors (Lipinski definition) is 1. The average molecular weight is 207 g/mol. The van der Waals surface area contributed by atoms with E-state index in [1.165, 1.54) is 9.26 Å². The van der Waals surface area contributed by atoms with Gasteiger partial charge in [0.1, 0.15) is 0 Å². The zero-order valence-corrected chi connectivity index (χ0v) is 6.19. The minimum Gasteiger partial charge on any atom is -0.364 e. The topological polar surface area (TPSA) is 15.8 Å². The zero-order valence-electron chi connectivity index (χ0n) is 4.03. The fourth-order valence-corrected chi connectivity index (χ4v) is 0.769. The molecule has 0 radical (unpaired) electrons. The van der Waals surface area contributed by atoms with Crippen LogP contribution >= 0.6 is 22.6 Å². The van der Waals surface area contributed by atoms with Gasteiger partial charge in [0.2, 0.25) is 0 Å². The highest BCUT2D eigenvalue weighted by atomic mass is 127. The molecule has 0 atom stereocenters. The molecule has 1 aromatic rings. The van der Waals surface area contributed by atoms with Gasteiger partial charge in [0.15, 0.2) is 0 Å². The summed E-state index contributed by atoms with van der Waals surface area (Å²) in [5.74, 6) is 0. The minimum absolute atomic E-state index is 1.25. The molecule has 0 aliphatic heterocycles. The zero-order chi connectivity index (χ0) is 5.28. The van der Waals surface area contributed by atoms with Gasteiger partial charge < -0.3 is 4.98 Å². The summed E-state index contributed by atoms with van der Waals surface area (Å²) >= 11 is 2.29. The summed E-state index contributed by atoms with van der Waals surface area (Å²) in [4.78, 5) is 3.06. The Morgan fingerprint density at radius 3 is 2.57 bits per heavy atom. The van der Waals surface area contributed by atoms with Gasteiger partial charge in [0, 0.05) is 15.5 Å². The minimum atomic E-state index is 1.25. The highest BCUT2D eigenvalue weighted by Gasteiger charge is 1.87. The van der Waals surface area contributed by atoms with E-state index in [4.69, 9.17) is 0 Å². The summed E-state index contributed by atoms with van der Waals surface area (Å²) in [6, 6.07) is 2.05. The van der Waals surface area contributed by atoms with E-state index in [1.807, 2.05) is 6.20 Å². The van der Waals surface area contributed by atoms with Crippen LogP contribution in [0, 0.1) is 10.5 Å². The summed E-state index contributed by atoms with van der Waals surface area (Å²) in [5.41, 5.74) is 1.25. The van der Waals surface area contributed by atoms with Crippen molar-refractivity contribution in [3.05, 3.63) is 21.5 Å². The first-order valence-electron chi connectivity index (χ1n) is 2.10. The molecule has 0 aromatic carbocycles. The molecule has 1 heterocycles. The maximum absolute atomic E-state index is 3.06. The van der Waals surface area contributed by atoms with Gasteiger partial charge in [-0.2, -0.15) is 0 Å². The third-order valence-corrected chi connectivity index (χ3v) is 2.06. The molecule has 1 rings (SSSR count). The van der Waals surface area contributed by atoms with Crippen LogP contribution in [-0.2, 0) is 0 Å². The third kappa shape index (κ3) is 0.964. The maximum Gasteiger partial charge on any atom is 0.0334 e. The number of nitrogens with one attached hydrogen (secondary N) is 1. The molecule has 1 aromatic heterocycles. The van der Waals surface area contributed by atoms with Gasteiger partial charge >= 0.3 is 0 Å². The van der Waals surface area contributed by atoms with E-state index in [0.29, 0.717) is 0 Å². The van der Waals surface area contributed by atoms with Gasteiger partial charge in [-0.3, -0.25) is 0 Å². The quantitative estimate of drug-likeness (QED) is 0.625. The Labute approximate surface area is 56.3 Å². The number of H-pyrrole nitrogens is 1. The van der Waals surface area contributed by atoms with E-state index in [-0.39, 0.29) is 0 Å². The molecule has 0 unspecified atom stereocenters. The lowest BCUT2D eigenvalue weighted by atomic mass is 10.5. The predicted molar refractivity (Wildman–Crippen MR) is 38.2 cm³/mol. The van der Waals surface area contributed by atoms with E-state index in [9.17, 15) is 0 Å². The molecule has 0 bridgehead atoms. The van der Waals surface area contributed by atoms with Crippen LogP contribution in [0.1, 0.15) is 5.69 Å². The lowest BCUT2D eigenvalue weighted by Gasteiger charge is -1.79. The first-order valence-corrected chi connectivity index (χ1v) is 3.18. The largest absolute Gasteiger partial charge is 0.364 e.